The number of amides is 3. The van der Waals surface area contributed by atoms with Crippen molar-refractivity contribution in [2.24, 2.45) is 5.92 Å². The number of carbonyl (C=O) groups excluding carboxylic acids is 2. The van der Waals surface area contributed by atoms with Gasteiger partial charge in [0.25, 0.3) is 0 Å². The monoisotopic (exact) mass is 308 g/mol. The standard InChI is InChI=1S/C15H24N4O3/c1-10-13(11(2)22-17-10)9-16-14(20)12-5-7-19(8-6-12)15(21)18(3)4/h12H,5-9H2,1-4H3,(H,16,20). The molecule has 1 aliphatic heterocycles. The van der Waals surface area contributed by atoms with Crippen molar-refractivity contribution in [1.82, 2.24) is 20.3 Å². The van der Waals surface area contributed by atoms with E-state index in [4.69, 9.17) is 4.52 Å². The molecule has 3 amide bonds. The highest BCUT2D eigenvalue weighted by molar-refractivity contribution is 5.79. The predicted molar refractivity (Wildman–Crippen MR) is 81.2 cm³/mol. The number of hydrogen-bond donors (Lipinski definition) is 1. The van der Waals surface area contributed by atoms with Gasteiger partial charge in [-0.1, -0.05) is 5.16 Å². The second-order valence-corrected chi connectivity index (χ2v) is 5.96. The number of aromatic nitrogens is 1. The van der Waals surface area contributed by atoms with Crippen molar-refractivity contribution in [3.8, 4) is 0 Å². The molecule has 0 radical (unpaired) electrons. The van der Waals surface area contributed by atoms with E-state index in [1.807, 2.05) is 13.8 Å². The Hall–Kier alpha value is -2.05. The second-order valence-electron chi connectivity index (χ2n) is 5.96. The molecule has 0 atom stereocenters. The molecule has 1 aromatic heterocycles. The van der Waals surface area contributed by atoms with Crippen LogP contribution in [0.4, 0.5) is 4.79 Å². The fourth-order valence-corrected chi connectivity index (χ4v) is 2.69. The molecule has 0 unspecified atom stereocenters. The average molecular weight is 308 g/mol. The van der Waals surface area contributed by atoms with Gasteiger partial charge in [0.05, 0.1) is 5.69 Å². The molecule has 2 rings (SSSR count). The van der Waals surface area contributed by atoms with Gasteiger partial charge in [0.15, 0.2) is 0 Å². The van der Waals surface area contributed by atoms with E-state index in [0.29, 0.717) is 32.5 Å². The molecule has 7 nitrogen and oxygen atoms in total. The highest BCUT2D eigenvalue weighted by Gasteiger charge is 2.28. The third-order valence-electron chi connectivity index (χ3n) is 4.14. The third kappa shape index (κ3) is 3.58. The van der Waals surface area contributed by atoms with Crippen LogP contribution < -0.4 is 5.32 Å². The molecule has 0 bridgehead atoms. The van der Waals surface area contributed by atoms with Crippen molar-refractivity contribution in [3.63, 3.8) is 0 Å². The van der Waals surface area contributed by atoms with Crippen LogP contribution in [0.3, 0.4) is 0 Å². The SMILES string of the molecule is Cc1noc(C)c1CNC(=O)C1CCN(C(=O)N(C)C)CC1. The number of aryl methyl sites for hydroxylation is 2. The topological polar surface area (TPSA) is 78.7 Å². The van der Waals surface area contributed by atoms with Gasteiger partial charge in [-0.2, -0.15) is 0 Å². The molecule has 1 aromatic rings. The Morgan fingerprint density at radius 1 is 1.32 bits per heavy atom. The molecular formula is C15H24N4O3. The van der Waals surface area contributed by atoms with E-state index in [1.165, 1.54) is 0 Å². The smallest absolute Gasteiger partial charge is 0.319 e. The third-order valence-corrected chi connectivity index (χ3v) is 4.14. The van der Waals surface area contributed by atoms with Gasteiger partial charge < -0.3 is 19.6 Å². The Labute approximate surface area is 130 Å². The summed E-state index contributed by atoms with van der Waals surface area (Å²) in [7, 11) is 3.48. The Kier molecular flexibility index (Phi) is 5.05. The zero-order valence-electron chi connectivity index (χ0n) is 13.7. The van der Waals surface area contributed by atoms with Crippen molar-refractivity contribution in [1.29, 1.82) is 0 Å². The molecule has 0 aromatic carbocycles. The summed E-state index contributed by atoms with van der Waals surface area (Å²) in [5.41, 5.74) is 1.75. The molecule has 122 valence electrons. The van der Waals surface area contributed by atoms with Crippen LogP contribution >= 0.6 is 0 Å². The van der Waals surface area contributed by atoms with Gasteiger partial charge in [0.1, 0.15) is 5.76 Å². The van der Waals surface area contributed by atoms with E-state index in [1.54, 1.807) is 23.9 Å². The van der Waals surface area contributed by atoms with Crippen LogP contribution in [0.25, 0.3) is 0 Å². The van der Waals surface area contributed by atoms with Crippen LogP contribution in [0, 0.1) is 19.8 Å². The molecule has 2 heterocycles. The quantitative estimate of drug-likeness (QED) is 0.913. The molecule has 0 aliphatic carbocycles. The van der Waals surface area contributed by atoms with Gasteiger partial charge in [-0.15, -0.1) is 0 Å². The maximum Gasteiger partial charge on any atom is 0.319 e. The summed E-state index contributed by atoms with van der Waals surface area (Å²) in [5.74, 6) is 0.743. The van der Waals surface area contributed by atoms with Crippen molar-refractivity contribution < 1.29 is 14.1 Å². The number of urea groups is 1. The fraction of sp³-hybridized carbons (Fsp3) is 0.667. The first-order valence-corrected chi connectivity index (χ1v) is 7.55. The van der Waals surface area contributed by atoms with Crippen LogP contribution in [-0.2, 0) is 11.3 Å². The van der Waals surface area contributed by atoms with E-state index in [9.17, 15) is 9.59 Å². The van der Waals surface area contributed by atoms with Crippen molar-refractivity contribution >= 4 is 11.9 Å². The highest BCUT2D eigenvalue weighted by Crippen LogP contribution is 2.19. The lowest BCUT2D eigenvalue weighted by atomic mass is 9.96. The second kappa shape index (κ2) is 6.81. The van der Waals surface area contributed by atoms with Gasteiger partial charge in [-0.25, -0.2) is 4.79 Å². The largest absolute Gasteiger partial charge is 0.361 e. The van der Waals surface area contributed by atoms with E-state index in [2.05, 4.69) is 10.5 Å². The maximum absolute atomic E-state index is 12.3. The van der Waals surface area contributed by atoms with Crippen molar-refractivity contribution in [2.75, 3.05) is 27.2 Å². The molecule has 7 heteroatoms. The van der Waals surface area contributed by atoms with E-state index in [0.717, 1.165) is 17.0 Å². The molecule has 22 heavy (non-hydrogen) atoms. The predicted octanol–water partition coefficient (Wildman–Crippen LogP) is 1.30. The minimum Gasteiger partial charge on any atom is -0.361 e. The molecule has 0 spiro atoms. The van der Waals surface area contributed by atoms with E-state index in [-0.39, 0.29) is 17.9 Å². The first-order chi connectivity index (χ1) is 10.4. The van der Waals surface area contributed by atoms with Crippen molar-refractivity contribution in [3.05, 3.63) is 17.0 Å². The highest BCUT2D eigenvalue weighted by atomic mass is 16.5. The lowest BCUT2D eigenvalue weighted by Crippen LogP contribution is -2.46. The number of nitrogens with zero attached hydrogens (tertiary/aromatic N) is 3. The summed E-state index contributed by atoms with van der Waals surface area (Å²) in [4.78, 5) is 27.5. The Balaban J connectivity index is 1.82. The number of piperidine rings is 1. The minimum absolute atomic E-state index is 0.00887. The summed E-state index contributed by atoms with van der Waals surface area (Å²) < 4.78 is 5.09. The Morgan fingerprint density at radius 3 is 2.45 bits per heavy atom. The summed E-state index contributed by atoms with van der Waals surface area (Å²) in [5, 5.41) is 6.83. The zero-order valence-corrected chi connectivity index (χ0v) is 13.7. The first kappa shape index (κ1) is 16.3. The van der Waals surface area contributed by atoms with Crippen LogP contribution in [-0.4, -0.2) is 54.1 Å². The van der Waals surface area contributed by atoms with E-state index >= 15 is 0 Å². The maximum atomic E-state index is 12.3. The van der Waals surface area contributed by atoms with Crippen LogP contribution in [0.2, 0.25) is 0 Å². The van der Waals surface area contributed by atoms with Gasteiger partial charge in [0, 0.05) is 45.2 Å². The number of hydrogen-bond acceptors (Lipinski definition) is 4. The van der Waals surface area contributed by atoms with Crippen molar-refractivity contribution in [2.45, 2.75) is 33.2 Å². The summed E-state index contributed by atoms with van der Waals surface area (Å²) in [6.45, 7) is 5.40. The average Bonchev–Trinajstić information content (AvgIpc) is 2.83. The molecular weight excluding hydrogens is 284 g/mol. The van der Waals surface area contributed by atoms with Gasteiger partial charge >= 0.3 is 6.03 Å². The molecule has 1 fully saturated rings. The summed E-state index contributed by atoms with van der Waals surface area (Å²) in [6.07, 6.45) is 1.40. The summed E-state index contributed by atoms with van der Waals surface area (Å²) in [6, 6.07) is 0.00887. The summed E-state index contributed by atoms with van der Waals surface area (Å²) >= 11 is 0. The number of nitrogens with one attached hydrogen (secondary N) is 1. The molecule has 1 saturated heterocycles. The normalized spacial score (nSPS) is 15.7. The minimum atomic E-state index is -0.0355. The molecule has 1 aliphatic rings. The molecule has 1 N–H and O–H groups in total. The zero-order chi connectivity index (χ0) is 16.3. The number of likely N-dealkylation sites (tertiary alicyclic amines) is 1. The lowest BCUT2D eigenvalue weighted by molar-refractivity contribution is -0.126. The molecule has 0 saturated carbocycles. The Bertz CT molecular complexity index is 525. The van der Waals surface area contributed by atoms with Gasteiger partial charge in [-0.05, 0) is 26.7 Å². The van der Waals surface area contributed by atoms with E-state index < -0.39 is 0 Å². The van der Waals surface area contributed by atoms with Crippen LogP contribution in [0.5, 0.6) is 0 Å². The fourth-order valence-electron chi connectivity index (χ4n) is 2.69. The van der Waals surface area contributed by atoms with Crippen LogP contribution in [0.15, 0.2) is 4.52 Å². The first-order valence-electron chi connectivity index (χ1n) is 7.55. The van der Waals surface area contributed by atoms with Crippen LogP contribution in [0.1, 0.15) is 29.9 Å². The number of rotatable bonds is 3. The Morgan fingerprint density at radius 2 is 1.95 bits per heavy atom. The number of carbonyl (C=O) groups is 2. The van der Waals surface area contributed by atoms with Gasteiger partial charge in [0.2, 0.25) is 5.91 Å². The lowest BCUT2D eigenvalue weighted by Gasteiger charge is -2.33. The van der Waals surface area contributed by atoms with Gasteiger partial charge in [-0.3, -0.25) is 4.79 Å².